The fourth-order valence-electron chi connectivity index (χ4n) is 8.13. The Morgan fingerprint density at radius 3 is 1.62 bits per heavy atom. The number of fused-ring (bicyclic) bond motifs is 7. The minimum Gasteiger partial charge on any atom is -0.310 e. The second kappa shape index (κ2) is 13.1. The zero-order valence-corrected chi connectivity index (χ0v) is 31.4. The van der Waals surface area contributed by atoms with Gasteiger partial charge in [-0.25, -0.2) is 0 Å². The van der Waals surface area contributed by atoms with Crippen LogP contribution in [0.4, 0.5) is 17.1 Å². The molecule has 0 radical (unpaired) electrons. The number of benzene rings is 9. The van der Waals surface area contributed by atoms with Gasteiger partial charge < -0.3 is 4.90 Å². The quantitative estimate of drug-likeness (QED) is 0.164. The third-order valence-electron chi connectivity index (χ3n) is 10.9. The third kappa shape index (κ3) is 5.60. The molecule has 2 aromatic heterocycles. The van der Waals surface area contributed by atoms with Crippen LogP contribution in [-0.2, 0) is 0 Å². The third-order valence-corrected chi connectivity index (χ3v) is 13.2. The molecule has 0 saturated carbocycles. The largest absolute Gasteiger partial charge is 0.310 e. The highest BCUT2D eigenvalue weighted by molar-refractivity contribution is 7.26. The number of rotatable bonds is 6. The Morgan fingerprint density at radius 2 is 0.818 bits per heavy atom. The molecule has 0 aliphatic heterocycles. The summed E-state index contributed by atoms with van der Waals surface area (Å²) in [6.07, 6.45) is 0. The van der Waals surface area contributed by atoms with Crippen molar-refractivity contribution in [1.29, 1.82) is 0 Å². The van der Waals surface area contributed by atoms with Crippen molar-refractivity contribution in [3.05, 3.63) is 200 Å². The fourth-order valence-corrected chi connectivity index (χ4v) is 10.3. The van der Waals surface area contributed by atoms with Crippen molar-refractivity contribution in [2.45, 2.75) is 0 Å². The smallest absolute Gasteiger partial charge is 0.0554 e. The maximum Gasteiger partial charge on any atom is 0.0554 e. The molecule has 0 aliphatic rings. The van der Waals surface area contributed by atoms with Gasteiger partial charge in [0.25, 0.3) is 0 Å². The lowest BCUT2D eigenvalue weighted by Gasteiger charge is -2.27. The molecule has 0 aliphatic carbocycles. The van der Waals surface area contributed by atoms with Crippen molar-refractivity contribution in [3.63, 3.8) is 0 Å². The Labute approximate surface area is 327 Å². The standard InChI is InChI=1S/C52H33NS2/c1-2-10-38-32-41(24-23-34(38)9-1)40-12-7-11-39(31-40)37-21-19-35(20-22-37)36-25-27-42(28-26-36)53(43-29-30-50-46(33-43)44-13-3-5-16-48(44)54-50)47-15-8-18-51-52(47)45-14-4-6-17-49(45)55-51/h1-33H. The summed E-state index contributed by atoms with van der Waals surface area (Å²) in [6.45, 7) is 0. The van der Waals surface area contributed by atoms with Crippen LogP contribution in [0.1, 0.15) is 0 Å². The molecule has 0 saturated heterocycles. The van der Waals surface area contributed by atoms with Crippen LogP contribution in [-0.4, -0.2) is 0 Å². The summed E-state index contributed by atoms with van der Waals surface area (Å²) in [7, 11) is 0. The lowest BCUT2D eigenvalue weighted by Crippen LogP contribution is -2.10. The van der Waals surface area contributed by atoms with Gasteiger partial charge in [-0.2, -0.15) is 0 Å². The molecule has 258 valence electrons. The highest BCUT2D eigenvalue weighted by Gasteiger charge is 2.20. The molecule has 0 unspecified atom stereocenters. The zero-order valence-electron chi connectivity index (χ0n) is 29.8. The van der Waals surface area contributed by atoms with Crippen molar-refractivity contribution in [2.75, 3.05) is 4.90 Å². The molecule has 55 heavy (non-hydrogen) atoms. The van der Waals surface area contributed by atoms with Crippen molar-refractivity contribution in [2.24, 2.45) is 0 Å². The first-order valence-corrected chi connectivity index (χ1v) is 20.3. The molecule has 3 heteroatoms. The van der Waals surface area contributed by atoms with E-state index >= 15 is 0 Å². The van der Waals surface area contributed by atoms with Gasteiger partial charge in [-0.3, -0.25) is 0 Å². The molecule has 11 aromatic rings. The average Bonchev–Trinajstić information content (AvgIpc) is 3.83. The zero-order chi connectivity index (χ0) is 36.3. The van der Waals surface area contributed by atoms with Crippen molar-refractivity contribution in [3.8, 4) is 33.4 Å². The number of hydrogen-bond donors (Lipinski definition) is 0. The lowest BCUT2D eigenvalue weighted by atomic mass is 9.96. The minimum atomic E-state index is 1.13. The summed E-state index contributed by atoms with van der Waals surface area (Å²) >= 11 is 3.72. The maximum atomic E-state index is 2.45. The van der Waals surface area contributed by atoms with E-state index in [1.165, 1.54) is 90.2 Å². The summed E-state index contributed by atoms with van der Waals surface area (Å²) in [4.78, 5) is 2.45. The Morgan fingerprint density at radius 1 is 0.291 bits per heavy atom. The predicted molar refractivity (Wildman–Crippen MR) is 241 cm³/mol. The number of thiophene rings is 2. The van der Waals surface area contributed by atoms with Crippen LogP contribution in [0.3, 0.4) is 0 Å². The molecule has 0 spiro atoms. The molecule has 9 aromatic carbocycles. The van der Waals surface area contributed by atoms with Crippen LogP contribution >= 0.6 is 22.7 Å². The Bertz CT molecular complexity index is 3200. The molecular formula is C52H33NS2. The molecule has 1 nitrogen and oxygen atoms in total. The number of hydrogen-bond acceptors (Lipinski definition) is 3. The Balaban J connectivity index is 0.965. The molecule has 0 fully saturated rings. The summed E-state index contributed by atoms with van der Waals surface area (Å²) in [6, 6.07) is 73.4. The van der Waals surface area contributed by atoms with E-state index in [0.29, 0.717) is 0 Å². The molecule has 11 rings (SSSR count). The van der Waals surface area contributed by atoms with Gasteiger partial charge in [0.2, 0.25) is 0 Å². The van der Waals surface area contributed by atoms with Crippen LogP contribution in [0.25, 0.3) is 84.5 Å². The van der Waals surface area contributed by atoms with E-state index in [0.717, 1.165) is 11.4 Å². The van der Waals surface area contributed by atoms with Gasteiger partial charge in [0.1, 0.15) is 0 Å². The van der Waals surface area contributed by atoms with Crippen LogP contribution in [0, 0.1) is 0 Å². The van der Waals surface area contributed by atoms with Crippen molar-refractivity contribution >= 4 is 90.9 Å². The van der Waals surface area contributed by atoms with Crippen molar-refractivity contribution in [1.82, 2.24) is 0 Å². The molecule has 2 heterocycles. The molecular weight excluding hydrogens is 703 g/mol. The predicted octanol–water partition coefficient (Wildman–Crippen LogP) is 16.0. The summed E-state index contributed by atoms with van der Waals surface area (Å²) in [5.74, 6) is 0. The van der Waals surface area contributed by atoms with E-state index in [9.17, 15) is 0 Å². The van der Waals surface area contributed by atoms with E-state index in [1.807, 2.05) is 22.7 Å². The minimum absolute atomic E-state index is 1.13. The number of anilines is 3. The van der Waals surface area contributed by atoms with E-state index < -0.39 is 0 Å². The monoisotopic (exact) mass is 735 g/mol. The van der Waals surface area contributed by atoms with Crippen LogP contribution in [0.15, 0.2) is 200 Å². The SMILES string of the molecule is c1cc(-c2ccc(-c3ccc(N(c4ccc5sc6ccccc6c5c4)c4cccc5sc6ccccc6c45)cc3)cc2)cc(-c2ccc3ccccc3c2)c1. The van der Waals surface area contributed by atoms with Crippen LogP contribution in [0.2, 0.25) is 0 Å². The normalized spacial score (nSPS) is 11.6. The van der Waals surface area contributed by atoms with Gasteiger partial charge in [0.05, 0.1) is 5.69 Å². The maximum absolute atomic E-state index is 2.45. The number of nitrogens with zero attached hydrogens (tertiary/aromatic N) is 1. The topological polar surface area (TPSA) is 3.24 Å². The lowest BCUT2D eigenvalue weighted by molar-refractivity contribution is 1.31. The molecule has 0 bridgehead atoms. The van der Waals surface area contributed by atoms with E-state index in [1.54, 1.807) is 0 Å². The fraction of sp³-hybridized carbons (Fsp3) is 0. The summed E-state index contributed by atoms with van der Waals surface area (Å²) < 4.78 is 5.23. The second-order valence-electron chi connectivity index (χ2n) is 14.1. The first-order chi connectivity index (χ1) is 27.2. The van der Waals surface area contributed by atoms with Gasteiger partial charge in [-0.15, -0.1) is 22.7 Å². The van der Waals surface area contributed by atoms with Gasteiger partial charge in [-0.1, -0.05) is 133 Å². The Kier molecular flexibility index (Phi) is 7.61. The second-order valence-corrected chi connectivity index (χ2v) is 16.3. The van der Waals surface area contributed by atoms with Gasteiger partial charge in [-0.05, 0) is 111 Å². The van der Waals surface area contributed by atoms with Gasteiger partial charge >= 0.3 is 0 Å². The first kappa shape index (κ1) is 32.0. The van der Waals surface area contributed by atoms with Crippen molar-refractivity contribution < 1.29 is 0 Å². The highest BCUT2D eigenvalue weighted by Crippen LogP contribution is 2.46. The average molecular weight is 736 g/mol. The van der Waals surface area contributed by atoms with Crippen LogP contribution in [0.5, 0.6) is 0 Å². The van der Waals surface area contributed by atoms with E-state index in [-0.39, 0.29) is 0 Å². The first-order valence-electron chi connectivity index (χ1n) is 18.7. The Hall–Kier alpha value is -6.52. The van der Waals surface area contributed by atoms with E-state index in [4.69, 9.17) is 0 Å². The molecule has 0 atom stereocenters. The summed E-state index contributed by atoms with van der Waals surface area (Å²) in [5.41, 5.74) is 10.8. The van der Waals surface area contributed by atoms with Gasteiger partial charge in [0, 0.05) is 51.7 Å². The molecule has 0 amide bonds. The van der Waals surface area contributed by atoms with Crippen LogP contribution < -0.4 is 4.90 Å². The van der Waals surface area contributed by atoms with E-state index in [2.05, 4.69) is 205 Å². The van der Waals surface area contributed by atoms with Gasteiger partial charge in [0.15, 0.2) is 0 Å². The molecule has 0 N–H and O–H groups in total. The summed E-state index contributed by atoms with van der Waals surface area (Å²) in [5, 5.41) is 7.72. The highest BCUT2D eigenvalue weighted by atomic mass is 32.1.